The first-order chi connectivity index (χ1) is 5.54. The molecule has 0 spiro atoms. The van der Waals surface area contributed by atoms with E-state index >= 15 is 0 Å². The molecule has 1 unspecified atom stereocenters. The van der Waals surface area contributed by atoms with Crippen LogP contribution < -0.4 is 16.8 Å². The molecule has 0 saturated heterocycles. The molecule has 6 nitrogen and oxygen atoms in total. The van der Waals surface area contributed by atoms with E-state index in [1.54, 1.807) is 0 Å². The van der Waals surface area contributed by atoms with Crippen LogP contribution >= 0.6 is 0 Å². The zero-order chi connectivity index (χ0) is 9.56. The van der Waals surface area contributed by atoms with Gasteiger partial charge in [0.1, 0.15) is 6.04 Å². The minimum Gasteiger partial charge on any atom is -0.480 e. The molecule has 2 amide bonds. The van der Waals surface area contributed by atoms with Gasteiger partial charge in [-0.1, -0.05) is 0 Å². The van der Waals surface area contributed by atoms with Gasteiger partial charge >= 0.3 is 12.0 Å². The Labute approximate surface area is 69.9 Å². The second-order valence-corrected chi connectivity index (χ2v) is 2.38. The molecule has 0 aromatic heterocycles. The van der Waals surface area contributed by atoms with Gasteiger partial charge in [0.25, 0.3) is 0 Å². The topological polar surface area (TPSA) is 118 Å². The predicted molar refractivity (Wildman–Crippen MR) is 42.4 cm³/mol. The fraction of sp³-hybridized carbons (Fsp3) is 0.667. The summed E-state index contributed by atoms with van der Waals surface area (Å²) in [6, 6.07) is -1.47. The van der Waals surface area contributed by atoms with Crippen molar-refractivity contribution in [1.29, 1.82) is 0 Å². The molecule has 0 aliphatic heterocycles. The number of amides is 2. The molecule has 0 radical (unpaired) electrons. The zero-order valence-corrected chi connectivity index (χ0v) is 6.62. The second kappa shape index (κ2) is 5.36. The van der Waals surface area contributed by atoms with Crippen LogP contribution in [-0.4, -0.2) is 29.7 Å². The van der Waals surface area contributed by atoms with E-state index in [2.05, 4.69) is 5.32 Å². The fourth-order valence-corrected chi connectivity index (χ4v) is 0.657. The third kappa shape index (κ3) is 5.48. The SMILES string of the molecule is N[13C](=O)N[13CH2][13CH2][13CH2][13CH](N)C(=O)O. The summed E-state index contributed by atoms with van der Waals surface area (Å²) in [4.78, 5) is 20.3. The Hall–Kier alpha value is -1.30. The van der Waals surface area contributed by atoms with E-state index in [0.29, 0.717) is 19.4 Å². The number of hydrogen-bond donors (Lipinski definition) is 4. The molecule has 0 rings (SSSR count). The Balaban J connectivity index is 3.31. The average Bonchev–Trinajstić information content (AvgIpc) is 1.97. The molecule has 6 N–H and O–H groups in total. The number of carbonyl (C=O) groups is 2. The molecule has 0 aromatic carbocycles. The monoisotopic (exact) mass is 180 g/mol. The van der Waals surface area contributed by atoms with Crippen LogP contribution in [0.1, 0.15) is 12.8 Å². The number of carbonyl (C=O) groups excluding carboxylic acids is 1. The van der Waals surface area contributed by atoms with Crippen LogP contribution in [0, 0.1) is 0 Å². The van der Waals surface area contributed by atoms with Crippen molar-refractivity contribution in [3.8, 4) is 0 Å². The predicted octanol–water partition coefficient (Wildman–Crippen LogP) is -1.15. The van der Waals surface area contributed by atoms with E-state index in [4.69, 9.17) is 16.6 Å². The lowest BCUT2D eigenvalue weighted by Crippen LogP contribution is -2.33. The number of urea groups is 1. The minimum atomic E-state index is -1.03. The third-order valence-electron chi connectivity index (χ3n) is 1.31. The highest BCUT2D eigenvalue weighted by Gasteiger charge is 2.09. The van der Waals surface area contributed by atoms with Crippen LogP contribution in [0.15, 0.2) is 0 Å². The summed E-state index contributed by atoms with van der Waals surface area (Å²) in [5.74, 6) is -1.03. The van der Waals surface area contributed by atoms with Gasteiger partial charge in [-0.3, -0.25) is 4.79 Å². The molecule has 1 atom stereocenters. The molecule has 0 aliphatic carbocycles. The number of hydrogen-bond acceptors (Lipinski definition) is 3. The van der Waals surface area contributed by atoms with E-state index in [9.17, 15) is 9.59 Å². The van der Waals surface area contributed by atoms with Crippen LogP contribution in [0.3, 0.4) is 0 Å². The van der Waals surface area contributed by atoms with E-state index in [0.717, 1.165) is 0 Å². The van der Waals surface area contributed by atoms with E-state index in [1.807, 2.05) is 0 Å². The Morgan fingerprint density at radius 1 is 1.50 bits per heavy atom. The summed E-state index contributed by atoms with van der Waals surface area (Å²) < 4.78 is 0. The summed E-state index contributed by atoms with van der Waals surface area (Å²) in [5.41, 5.74) is 9.96. The molecule has 0 heterocycles. The lowest BCUT2D eigenvalue weighted by molar-refractivity contribution is -0.138. The van der Waals surface area contributed by atoms with E-state index < -0.39 is 18.0 Å². The first kappa shape index (κ1) is 10.7. The van der Waals surface area contributed by atoms with Crippen LogP contribution in [0.25, 0.3) is 0 Å². The van der Waals surface area contributed by atoms with Crippen molar-refractivity contribution in [1.82, 2.24) is 5.32 Å². The van der Waals surface area contributed by atoms with Gasteiger partial charge in [0.15, 0.2) is 0 Å². The van der Waals surface area contributed by atoms with Crippen molar-refractivity contribution in [2.75, 3.05) is 6.54 Å². The van der Waals surface area contributed by atoms with Gasteiger partial charge in [0.2, 0.25) is 0 Å². The van der Waals surface area contributed by atoms with Crippen molar-refractivity contribution >= 4 is 12.0 Å². The van der Waals surface area contributed by atoms with Crippen LogP contribution in [0.4, 0.5) is 4.79 Å². The van der Waals surface area contributed by atoms with Gasteiger partial charge in [0, 0.05) is 6.54 Å². The molecule has 6 heteroatoms. The Kier molecular flexibility index (Phi) is 4.78. The Morgan fingerprint density at radius 2 is 2.08 bits per heavy atom. The molecular weight excluding hydrogens is 167 g/mol. The summed E-state index contributed by atoms with van der Waals surface area (Å²) in [5, 5.41) is 10.7. The third-order valence-corrected chi connectivity index (χ3v) is 1.31. The second-order valence-electron chi connectivity index (χ2n) is 2.38. The van der Waals surface area contributed by atoms with Crippen LogP contribution in [0.5, 0.6) is 0 Å². The summed E-state index contributed by atoms with van der Waals surface area (Å²) in [7, 11) is 0. The number of nitrogens with two attached hydrogens (primary N) is 2. The Bertz CT molecular complexity index is 171. The summed E-state index contributed by atoms with van der Waals surface area (Å²) in [6.45, 7) is 0.357. The molecule has 12 heavy (non-hydrogen) atoms. The highest BCUT2D eigenvalue weighted by molar-refractivity contribution is 5.73. The molecule has 0 aliphatic rings. The van der Waals surface area contributed by atoms with Crippen LogP contribution in [0.2, 0.25) is 0 Å². The number of carboxylic acids is 1. The summed E-state index contributed by atoms with van der Waals surface area (Å²) >= 11 is 0. The fourth-order valence-electron chi connectivity index (χ4n) is 0.657. The van der Waals surface area contributed by atoms with Crippen molar-refractivity contribution in [2.45, 2.75) is 18.9 Å². The molecule has 0 saturated carbocycles. The van der Waals surface area contributed by atoms with Crippen molar-refractivity contribution in [3.05, 3.63) is 0 Å². The molecule has 0 bridgehead atoms. The van der Waals surface area contributed by atoms with Gasteiger partial charge in [-0.15, -0.1) is 0 Å². The van der Waals surface area contributed by atoms with E-state index in [-0.39, 0.29) is 0 Å². The highest BCUT2D eigenvalue weighted by atomic mass is 16.4. The lowest BCUT2D eigenvalue weighted by atomic mass is 10.9. The number of carboxylic acid groups (broad SMARTS) is 1. The van der Waals surface area contributed by atoms with E-state index in [1.165, 1.54) is 0 Å². The number of primary amides is 1. The summed E-state index contributed by atoms with van der Waals surface area (Å²) in [6.07, 6.45) is 0.839. The van der Waals surface area contributed by atoms with Gasteiger partial charge < -0.3 is 21.9 Å². The minimum absolute atomic E-state index is 0.329. The van der Waals surface area contributed by atoms with Crippen LogP contribution in [-0.2, 0) is 4.79 Å². The standard InChI is InChI=1S/C6H13N3O3/c7-4(5(10)11)2-1-3-9-6(8)12/h4H,1-3,7H2,(H,10,11)(H3,8,9,12)/i1+1,2+1,3+1,4+1,6+1. The Morgan fingerprint density at radius 3 is 2.50 bits per heavy atom. The first-order valence-electron chi connectivity index (χ1n) is 3.55. The van der Waals surface area contributed by atoms with Gasteiger partial charge in [-0.25, -0.2) is 4.79 Å². The van der Waals surface area contributed by atoms with Gasteiger partial charge in [-0.05, 0) is 12.8 Å². The molecular formula is C6H13N3O3. The average molecular weight is 180 g/mol. The maximum Gasteiger partial charge on any atom is 0.320 e. The van der Waals surface area contributed by atoms with Crippen molar-refractivity contribution in [3.63, 3.8) is 0 Å². The normalized spacial score (nSPS) is 12.1. The number of aliphatic carboxylic acids is 1. The lowest BCUT2D eigenvalue weighted by Gasteiger charge is -2.05. The largest absolute Gasteiger partial charge is 0.480 e. The molecule has 0 aromatic rings. The highest BCUT2D eigenvalue weighted by Crippen LogP contribution is 1.92. The molecule has 70 valence electrons. The number of rotatable bonds is 5. The van der Waals surface area contributed by atoms with Gasteiger partial charge in [-0.2, -0.15) is 0 Å². The molecule has 0 fully saturated rings. The maximum atomic E-state index is 10.2. The quantitative estimate of drug-likeness (QED) is 0.315. The number of nitrogens with one attached hydrogen (secondary N) is 1. The smallest absolute Gasteiger partial charge is 0.320 e. The van der Waals surface area contributed by atoms with Crippen molar-refractivity contribution < 1.29 is 14.7 Å². The maximum absolute atomic E-state index is 10.2. The first-order valence-corrected chi connectivity index (χ1v) is 3.55. The van der Waals surface area contributed by atoms with Gasteiger partial charge in [0.05, 0.1) is 0 Å². The zero-order valence-electron chi connectivity index (χ0n) is 6.62. The van der Waals surface area contributed by atoms with Crippen molar-refractivity contribution in [2.24, 2.45) is 11.5 Å².